The van der Waals surface area contributed by atoms with Crippen LogP contribution in [0.2, 0.25) is 5.02 Å². The number of hydrogen-bond donors (Lipinski definition) is 1. The Morgan fingerprint density at radius 1 is 1.57 bits per heavy atom. The molecule has 0 radical (unpaired) electrons. The SMILES string of the molecule is N#Cc1cc(Cl)ccc1C=CC(=O)O. The first-order valence-corrected chi connectivity index (χ1v) is 4.12. The van der Waals surface area contributed by atoms with E-state index in [-0.39, 0.29) is 0 Å². The van der Waals surface area contributed by atoms with E-state index in [1.54, 1.807) is 12.1 Å². The Balaban J connectivity index is 3.10. The maximum Gasteiger partial charge on any atom is 0.328 e. The summed E-state index contributed by atoms with van der Waals surface area (Å²) >= 11 is 5.67. The highest BCUT2D eigenvalue weighted by Crippen LogP contribution is 2.16. The van der Waals surface area contributed by atoms with Crippen molar-refractivity contribution in [2.75, 3.05) is 0 Å². The van der Waals surface area contributed by atoms with Gasteiger partial charge in [-0.1, -0.05) is 17.7 Å². The van der Waals surface area contributed by atoms with Gasteiger partial charge in [-0.3, -0.25) is 0 Å². The Kier molecular flexibility index (Phi) is 3.27. The molecule has 1 aromatic carbocycles. The molecular formula is C10H6ClNO2. The molecule has 0 bridgehead atoms. The Bertz CT molecular complexity index is 432. The van der Waals surface area contributed by atoms with Crippen LogP contribution in [0.5, 0.6) is 0 Å². The van der Waals surface area contributed by atoms with Gasteiger partial charge in [0.15, 0.2) is 0 Å². The smallest absolute Gasteiger partial charge is 0.328 e. The van der Waals surface area contributed by atoms with E-state index >= 15 is 0 Å². The van der Waals surface area contributed by atoms with E-state index in [2.05, 4.69) is 0 Å². The van der Waals surface area contributed by atoms with Gasteiger partial charge in [-0.2, -0.15) is 5.26 Å². The lowest BCUT2D eigenvalue weighted by molar-refractivity contribution is -0.131. The number of rotatable bonds is 2. The highest BCUT2D eigenvalue weighted by molar-refractivity contribution is 6.30. The van der Waals surface area contributed by atoms with Crippen molar-refractivity contribution in [3.63, 3.8) is 0 Å². The van der Waals surface area contributed by atoms with Gasteiger partial charge in [0.05, 0.1) is 11.6 Å². The third-order valence-electron chi connectivity index (χ3n) is 1.54. The minimum absolute atomic E-state index is 0.356. The molecule has 0 aliphatic heterocycles. The average Bonchev–Trinajstić information content (AvgIpc) is 2.15. The fourth-order valence-electron chi connectivity index (χ4n) is 0.932. The van der Waals surface area contributed by atoms with E-state index in [0.717, 1.165) is 6.08 Å². The van der Waals surface area contributed by atoms with Crippen molar-refractivity contribution in [3.8, 4) is 6.07 Å². The first-order chi connectivity index (χ1) is 6.63. The fraction of sp³-hybridized carbons (Fsp3) is 0. The molecule has 1 N–H and O–H groups in total. The monoisotopic (exact) mass is 207 g/mol. The van der Waals surface area contributed by atoms with Crippen LogP contribution in [0.15, 0.2) is 24.3 Å². The van der Waals surface area contributed by atoms with E-state index in [1.807, 2.05) is 6.07 Å². The maximum atomic E-state index is 10.2. The number of carboxylic acids is 1. The van der Waals surface area contributed by atoms with Crippen LogP contribution in [0.1, 0.15) is 11.1 Å². The third kappa shape index (κ3) is 2.61. The molecular weight excluding hydrogens is 202 g/mol. The van der Waals surface area contributed by atoms with E-state index < -0.39 is 5.97 Å². The standard InChI is InChI=1S/C10H6ClNO2/c11-9-3-1-7(2-4-10(13)14)8(5-9)6-12/h1-5H,(H,13,14). The number of carboxylic acid groups (broad SMARTS) is 1. The van der Waals surface area contributed by atoms with Crippen LogP contribution in [-0.4, -0.2) is 11.1 Å². The van der Waals surface area contributed by atoms with Gasteiger partial charge >= 0.3 is 5.97 Å². The van der Waals surface area contributed by atoms with Gasteiger partial charge in [-0.15, -0.1) is 0 Å². The lowest BCUT2D eigenvalue weighted by atomic mass is 10.1. The van der Waals surface area contributed by atoms with Crippen LogP contribution in [0.25, 0.3) is 6.08 Å². The number of aliphatic carboxylic acids is 1. The maximum absolute atomic E-state index is 10.2. The molecule has 0 aliphatic carbocycles. The van der Waals surface area contributed by atoms with E-state index in [0.29, 0.717) is 16.1 Å². The molecule has 0 aromatic heterocycles. The highest BCUT2D eigenvalue weighted by Gasteiger charge is 1.99. The minimum Gasteiger partial charge on any atom is -0.478 e. The summed E-state index contributed by atoms with van der Waals surface area (Å²) in [4.78, 5) is 10.2. The molecule has 1 rings (SSSR count). The number of hydrogen-bond acceptors (Lipinski definition) is 2. The molecule has 0 spiro atoms. The molecule has 0 fully saturated rings. The predicted molar refractivity (Wildman–Crippen MR) is 52.8 cm³/mol. The number of benzene rings is 1. The zero-order chi connectivity index (χ0) is 10.6. The lowest BCUT2D eigenvalue weighted by Gasteiger charge is -1.97. The summed E-state index contributed by atoms with van der Waals surface area (Å²) in [6.07, 6.45) is 2.33. The Morgan fingerprint density at radius 3 is 2.86 bits per heavy atom. The summed E-state index contributed by atoms with van der Waals surface area (Å²) in [5, 5.41) is 17.6. The normalized spacial score (nSPS) is 10.0. The summed E-state index contributed by atoms with van der Waals surface area (Å²) in [5.41, 5.74) is 0.898. The Labute approximate surface area is 85.9 Å². The lowest BCUT2D eigenvalue weighted by Crippen LogP contribution is -1.87. The van der Waals surface area contributed by atoms with Gasteiger partial charge in [0.2, 0.25) is 0 Å². The molecule has 0 heterocycles. The molecule has 0 saturated carbocycles. The first-order valence-electron chi connectivity index (χ1n) is 3.74. The molecule has 0 unspecified atom stereocenters. The van der Waals surface area contributed by atoms with Crippen LogP contribution in [0.3, 0.4) is 0 Å². The molecule has 4 heteroatoms. The number of halogens is 1. The molecule has 3 nitrogen and oxygen atoms in total. The molecule has 70 valence electrons. The van der Waals surface area contributed by atoms with Crippen molar-refractivity contribution in [1.82, 2.24) is 0 Å². The quantitative estimate of drug-likeness (QED) is 0.757. The largest absolute Gasteiger partial charge is 0.478 e. The van der Waals surface area contributed by atoms with Gasteiger partial charge in [0.1, 0.15) is 0 Å². The Morgan fingerprint density at radius 2 is 2.29 bits per heavy atom. The van der Waals surface area contributed by atoms with Gasteiger partial charge in [-0.05, 0) is 23.8 Å². The second-order valence-electron chi connectivity index (χ2n) is 2.51. The van der Waals surface area contributed by atoms with Crippen molar-refractivity contribution >= 4 is 23.6 Å². The summed E-state index contributed by atoms with van der Waals surface area (Å²) < 4.78 is 0. The molecule has 0 aliphatic rings. The Hall–Kier alpha value is -1.79. The van der Waals surface area contributed by atoms with Crippen molar-refractivity contribution < 1.29 is 9.90 Å². The summed E-state index contributed by atoms with van der Waals surface area (Å²) in [5.74, 6) is -1.05. The summed E-state index contributed by atoms with van der Waals surface area (Å²) in [6.45, 7) is 0. The zero-order valence-corrected chi connectivity index (χ0v) is 7.82. The van der Waals surface area contributed by atoms with E-state index in [1.165, 1.54) is 12.1 Å². The number of nitriles is 1. The minimum atomic E-state index is -1.05. The van der Waals surface area contributed by atoms with Crippen molar-refractivity contribution in [1.29, 1.82) is 5.26 Å². The molecule has 0 atom stereocenters. The molecule has 14 heavy (non-hydrogen) atoms. The topological polar surface area (TPSA) is 61.1 Å². The second-order valence-corrected chi connectivity index (χ2v) is 2.95. The van der Waals surface area contributed by atoms with Gasteiger partial charge < -0.3 is 5.11 Å². The van der Waals surface area contributed by atoms with E-state index in [9.17, 15) is 4.79 Å². The molecule has 1 aromatic rings. The van der Waals surface area contributed by atoms with Gasteiger partial charge in [0.25, 0.3) is 0 Å². The van der Waals surface area contributed by atoms with E-state index in [4.69, 9.17) is 22.0 Å². The third-order valence-corrected chi connectivity index (χ3v) is 1.78. The van der Waals surface area contributed by atoms with Crippen LogP contribution in [0, 0.1) is 11.3 Å². The van der Waals surface area contributed by atoms with Crippen molar-refractivity contribution in [2.45, 2.75) is 0 Å². The van der Waals surface area contributed by atoms with Crippen molar-refractivity contribution in [3.05, 3.63) is 40.4 Å². The highest BCUT2D eigenvalue weighted by atomic mass is 35.5. The zero-order valence-electron chi connectivity index (χ0n) is 7.07. The first kappa shape index (κ1) is 10.3. The fourth-order valence-corrected chi connectivity index (χ4v) is 1.10. The second kappa shape index (κ2) is 4.45. The van der Waals surface area contributed by atoms with Gasteiger partial charge in [0, 0.05) is 11.1 Å². The van der Waals surface area contributed by atoms with Crippen LogP contribution in [-0.2, 0) is 4.79 Å². The predicted octanol–water partition coefficient (Wildman–Crippen LogP) is 2.31. The van der Waals surface area contributed by atoms with Crippen LogP contribution >= 0.6 is 11.6 Å². The molecule has 0 amide bonds. The number of nitrogens with zero attached hydrogens (tertiary/aromatic N) is 1. The average molecular weight is 208 g/mol. The molecule has 0 saturated heterocycles. The van der Waals surface area contributed by atoms with Crippen molar-refractivity contribution in [2.24, 2.45) is 0 Å². The van der Waals surface area contributed by atoms with Crippen LogP contribution < -0.4 is 0 Å². The van der Waals surface area contributed by atoms with Crippen LogP contribution in [0.4, 0.5) is 0 Å². The summed E-state index contributed by atoms with van der Waals surface area (Å²) in [6, 6.07) is 6.62. The summed E-state index contributed by atoms with van der Waals surface area (Å²) in [7, 11) is 0. The van der Waals surface area contributed by atoms with Gasteiger partial charge in [-0.25, -0.2) is 4.79 Å². The number of carbonyl (C=O) groups is 1.